The summed E-state index contributed by atoms with van der Waals surface area (Å²) in [6.45, 7) is -6.56. The monoisotopic (exact) mass is 615 g/mol. The van der Waals surface area contributed by atoms with Gasteiger partial charge in [-0.3, -0.25) is 4.68 Å². The SMILES string of the molecule is [O-][n+]1cc(-c2c(-n3cnnn3)ccc(Cl)c2F)ccc1[C@H](CCOC(F)F)n1cc(-c2c(Cl)cnn2C(F)F)cn1. The molecule has 0 aliphatic heterocycles. The van der Waals surface area contributed by atoms with Gasteiger partial charge in [0.2, 0.25) is 5.69 Å². The van der Waals surface area contributed by atoms with Gasteiger partial charge in [0.05, 0.1) is 51.6 Å². The number of halogens is 7. The quantitative estimate of drug-likeness (QED) is 0.122. The normalized spacial score (nSPS) is 12.5. The molecule has 1 atom stereocenters. The highest BCUT2D eigenvalue weighted by molar-refractivity contribution is 6.33. The molecule has 0 spiro atoms. The van der Waals surface area contributed by atoms with Crippen molar-refractivity contribution in [2.75, 3.05) is 6.61 Å². The highest BCUT2D eigenvalue weighted by atomic mass is 35.5. The van der Waals surface area contributed by atoms with Crippen LogP contribution >= 0.6 is 23.2 Å². The molecule has 214 valence electrons. The van der Waals surface area contributed by atoms with Crippen LogP contribution in [0.15, 0.2) is 55.4 Å². The molecule has 0 radical (unpaired) electrons. The molecule has 4 aromatic heterocycles. The van der Waals surface area contributed by atoms with E-state index >= 15 is 4.39 Å². The lowest BCUT2D eigenvalue weighted by Crippen LogP contribution is -2.36. The van der Waals surface area contributed by atoms with Gasteiger partial charge in [-0.1, -0.05) is 23.2 Å². The predicted molar refractivity (Wildman–Crippen MR) is 133 cm³/mol. The van der Waals surface area contributed by atoms with Crippen molar-refractivity contribution in [2.45, 2.75) is 25.6 Å². The van der Waals surface area contributed by atoms with Crippen LogP contribution in [0, 0.1) is 11.0 Å². The number of benzene rings is 1. The Balaban J connectivity index is 1.56. The number of hydrogen-bond acceptors (Lipinski definition) is 7. The average Bonchev–Trinajstić information content (AvgIpc) is 3.69. The summed E-state index contributed by atoms with van der Waals surface area (Å²) >= 11 is 12.1. The summed E-state index contributed by atoms with van der Waals surface area (Å²) < 4.78 is 75.1. The summed E-state index contributed by atoms with van der Waals surface area (Å²) in [6, 6.07) is 4.51. The van der Waals surface area contributed by atoms with E-state index in [-0.39, 0.29) is 50.2 Å². The molecule has 0 bridgehead atoms. The fourth-order valence-electron chi connectivity index (χ4n) is 4.25. The molecule has 0 fully saturated rings. The molecular weight excluding hydrogens is 600 g/mol. The minimum absolute atomic E-state index is 0.00105. The van der Waals surface area contributed by atoms with Crippen molar-refractivity contribution < 1.29 is 31.4 Å². The van der Waals surface area contributed by atoms with Crippen molar-refractivity contribution in [1.82, 2.24) is 39.8 Å². The van der Waals surface area contributed by atoms with Gasteiger partial charge >= 0.3 is 13.2 Å². The Morgan fingerprint density at radius 2 is 1.80 bits per heavy atom. The lowest BCUT2D eigenvalue weighted by Gasteiger charge is -2.18. The van der Waals surface area contributed by atoms with Gasteiger partial charge in [-0.15, -0.1) is 5.10 Å². The average molecular weight is 616 g/mol. The Labute approximate surface area is 236 Å². The maximum atomic E-state index is 15.2. The van der Waals surface area contributed by atoms with Crippen LogP contribution in [-0.2, 0) is 4.74 Å². The van der Waals surface area contributed by atoms with E-state index < -0.39 is 31.6 Å². The van der Waals surface area contributed by atoms with Gasteiger partial charge < -0.3 is 9.94 Å². The molecule has 5 aromatic rings. The van der Waals surface area contributed by atoms with Crippen LogP contribution in [0.25, 0.3) is 28.1 Å². The number of rotatable bonds is 10. The standard InChI is InChI=1S/C23H16Cl2F5N9O2/c24-14-2-4-18(37-11-31-34-35-37)19(20(14)26)12-1-3-17(38(40)10-12)16(5-6-41-23(29)30)36-9-13(7-32-36)21-15(25)8-33-39(21)22(27)28/h1-4,7-11,16,22-23H,5-6H2/t16-/m0/s1. The summed E-state index contributed by atoms with van der Waals surface area (Å²) in [5, 5.41) is 31.5. The maximum absolute atomic E-state index is 15.2. The minimum atomic E-state index is -3.07. The Morgan fingerprint density at radius 1 is 1.00 bits per heavy atom. The van der Waals surface area contributed by atoms with Crippen LogP contribution in [0.5, 0.6) is 0 Å². The smallest absolute Gasteiger partial charge is 0.345 e. The van der Waals surface area contributed by atoms with E-state index in [9.17, 15) is 22.8 Å². The largest absolute Gasteiger partial charge is 0.618 e. The van der Waals surface area contributed by atoms with Crippen molar-refractivity contribution in [1.29, 1.82) is 0 Å². The van der Waals surface area contributed by atoms with E-state index in [1.807, 2.05) is 0 Å². The molecule has 11 nitrogen and oxygen atoms in total. The summed E-state index contributed by atoms with van der Waals surface area (Å²) in [5.74, 6) is -0.835. The fraction of sp³-hybridized carbons (Fsp3) is 0.217. The molecule has 0 saturated carbocycles. The topological polar surface area (TPSA) is 115 Å². The first-order chi connectivity index (χ1) is 19.7. The molecule has 5 rings (SSSR count). The number of nitrogens with zero attached hydrogens (tertiary/aromatic N) is 9. The Bertz CT molecular complexity index is 1660. The second-order valence-electron chi connectivity index (χ2n) is 8.39. The van der Waals surface area contributed by atoms with Crippen molar-refractivity contribution in [3.8, 4) is 28.1 Å². The Kier molecular flexibility index (Phi) is 8.14. The van der Waals surface area contributed by atoms with E-state index in [4.69, 9.17) is 23.2 Å². The van der Waals surface area contributed by atoms with Crippen LogP contribution in [0.2, 0.25) is 10.0 Å². The zero-order valence-electron chi connectivity index (χ0n) is 20.3. The van der Waals surface area contributed by atoms with Gasteiger partial charge in [0.25, 0.3) is 0 Å². The number of tetrazole rings is 1. The number of alkyl halides is 4. The molecule has 0 aliphatic carbocycles. The highest BCUT2D eigenvalue weighted by Crippen LogP contribution is 2.35. The Hall–Kier alpha value is -4.15. The van der Waals surface area contributed by atoms with Gasteiger partial charge in [0, 0.05) is 24.2 Å². The third kappa shape index (κ3) is 5.71. The van der Waals surface area contributed by atoms with Crippen molar-refractivity contribution in [3.05, 3.63) is 82.1 Å². The van der Waals surface area contributed by atoms with Gasteiger partial charge in [-0.25, -0.2) is 9.07 Å². The van der Waals surface area contributed by atoms with Crippen molar-refractivity contribution >= 4 is 23.2 Å². The maximum Gasteiger partial charge on any atom is 0.345 e. The predicted octanol–water partition coefficient (Wildman–Crippen LogP) is 5.08. The van der Waals surface area contributed by atoms with Crippen LogP contribution in [0.3, 0.4) is 0 Å². The molecule has 1 aromatic carbocycles. The molecular formula is C23H16Cl2F5N9O2. The zero-order valence-corrected chi connectivity index (χ0v) is 21.8. The third-order valence-corrected chi connectivity index (χ3v) is 6.58. The van der Waals surface area contributed by atoms with E-state index in [0.29, 0.717) is 9.41 Å². The third-order valence-electron chi connectivity index (χ3n) is 6.01. The minimum Gasteiger partial charge on any atom is -0.618 e. The second kappa shape index (κ2) is 11.8. The molecule has 0 unspecified atom stereocenters. The summed E-state index contributed by atoms with van der Waals surface area (Å²) in [7, 11) is 0. The zero-order chi connectivity index (χ0) is 29.3. The van der Waals surface area contributed by atoms with Crippen LogP contribution in [0.4, 0.5) is 22.0 Å². The van der Waals surface area contributed by atoms with Gasteiger partial charge in [-0.2, -0.15) is 37.2 Å². The van der Waals surface area contributed by atoms with Crippen molar-refractivity contribution in [3.63, 3.8) is 0 Å². The van der Waals surface area contributed by atoms with Crippen LogP contribution in [0.1, 0.15) is 24.7 Å². The van der Waals surface area contributed by atoms with Crippen LogP contribution in [-0.4, -0.2) is 53.0 Å². The number of aromatic nitrogens is 9. The summed E-state index contributed by atoms with van der Waals surface area (Å²) in [5.41, 5.74) is 0.221. The van der Waals surface area contributed by atoms with Gasteiger partial charge in [0.1, 0.15) is 12.4 Å². The lowest BCUT2D eigenvalue weighted by atomic mass is 10.0. The fourth-order valence-corrected chi connectivity index (χ4v) is 4.65. The molecule has 4 heterocycles. The first-order valence-electron chi connectivity index (χ1n) is 11.6. The number of ether oxygens (including phenoxy) is 1. The molecule has 0 aliphatic rings. The highest BCUT2D eigenvalue weighted by Gasteiger charge is 2.27. The van der Waals surface area contributed by atoms with Crippen molar-refractivity contribution in [2.24, 2.45) is 0 Å². The van der Waals surface area contributed by atoms with E-state index in [2.05, 4.69) is 30.5 Å². The second-order valence-corrected chi connectivity index (χ2v) is 9.20. The first kappa shape index (κ1) is 28.4. The molecule has 0 N–H and O–H groups in total. The summed E-state index contributed by atoms with van der Waals surface area (Å²) in [4.78, 5) is 0. The molecule has 0 amide bonds. The van der Waals surface area contributed by atoms with E-state index in [1.165, 1.54) is 52.4 Å². The lowest BCUT2D eigenvalue weighted by molar-refractivity contribution is -0.615. The summed E-state index contributed by atoms with van der Waals surface area (Å²) in [6.07, 6.45) is 5.69. The Morgan fingerprint density at radius 3 is 2.49 bits per heavy atom. The van der Waals surface area contributed by atoms with Gasteiger partial charge in [0.15, 0.2) is 12.0 Å². The number of pyridine rings is 1. The molecule has 18 heteroatoms. The van der Waals surface area contributed by atoms with E-state index in [0.717, 1.165) is 12.4 Å². The molecule has 0 saturated heterocycles. The first-order valence-corrected chi connectivity index (χ1v) is 12.3. The van der Waals surface area contributed by atoms with Crippen LogP contribution < -0.4 is 4.73 Å². The number of hydrogen-bond donors (Lipinski definition) is 0. The van der Waals surface area contributed by atoms with E-state index in [1.54, 1.807) is 0 Å². The molecule has 41 heavy (non-hydrogen) atoms. The van der Waals surface area contributed by atoms with Gasteiger partial charge in [-0.05, 0) is 28.6 Å².